The SMILES string of the molecule is CC(=O)Nc1cccc(C(C)NC(=O)c2ccc(OCc3c(C)noc3C)cc2)c1. The van der Waals surface area contributed by atoms with Crippen molar-refractivity contribution < 1.29 is 18.8 Å². The highest BCUT2D eigenvalue weighted by Crippen LogP contribution is 2.20. The predicted octanol–water partition coefficient (Wildman–Crippen LogP) is 4.32. The maximum absolute atomic E-state index is 12.6. The predicted molar refractivity (Wildman–Crippen MR) is 113 cm³/mol. The molecule has 3 aromatic rings. The number of rotatable bonds is 7. The number of hydrogen-bond donors (Lipinski definition) is 2. The molecule has 0 bridgehead atoms. The van der Waals surface area contributed by atoms with Gasteiger partial charge < -0.3 is 19.9 Å². The van der Waals surface area contributed by atoms with Gasteiger partial charge in [0.25, 0.3) is 5.91 Å². The zero-order chi connectivity index (χ0) is 21.7. The van der Waals surface area contributed by atoms with E-state index in [2.05, 4.69) is 15.8 Å². The third-order valence-corrected chi connectivity index (χ3v) is 4.74. The van der Waals surface area contributed by atoms with E-state index in [4.69, 9.17) is 9.26 Å². The van der Waals surface area contributed by atoms with Gasteiger partial charge in [-0.2, -0.15) is 0 Å². The van der Waals surface area contributed by atoms with Crippen LogP contribution in [0.1, 0.15) is 52.8 Å². The van der Waals surface area contributed by atoms with Crippen molar-refractivity contribution in [3.63, 3.8) is 0 Å². The second-order valence-corrected chi connectivity index (χ2v) is 7.12. The molecule has 1 unspecified atom stereocenters. The molecular weight excluding hydrogens is 382 g/mol. The fourth-order valence-corrected chi connectivity index (χ4v) is 3.02. The average Bonchev–Trinajstić information content (AvgIpc) is 3.04. The van der Waals surface area contributed by atoms with Crippen LogP contribution in [0.15, 0.2) is 53.1 Å². The van der Waals surface area contributed by atoms with E-state index in [0.29, 0.717) is 23.6 Å². The number of nitrogens with one attached hydrogen (secondary N) is 2. The molecule has 2 aromatic carbocycles. The average molecular weight is 407 g/mol. The van der Waals surface area contributed by atoms with Crippen LogP contribution in [0.5, 0.6) is 5.75 Å². The minimum absolute atomic E-state index is 0.138. The van der Waals surface area contributed by atoms with Crippen molar-refractivity contribution in [2.75, 3.05) is 5.32 Å². The lowest BCUT2D eigenvalue weighted by Crippen LogP contribution is -2.26. The van der Waals surface area contributed by atoms with E-state index >= 15 is 0 Å². The molecule has 156 valence electrons. The Hall–Kier alpha value is -3.61. The van der Waals surface area contributed by atoms with Crippen LogP contribution >= 0.6 is 0 Å². The third-order valence-electron chi connectivity index (χ3n) is 4.74. The van der Waals surface area contributed by atoms with Crippen LogP contribution in [0.2, 0.25) is 0 Å². The zero-order valence-corrected chi connectivity index (χ0v) is 17.5. The van der Waals surface area contributed by atoms with E-state index in [1.54, 1.807) is 30.3 Å². The molecule has 0 saturated carbocycles. The molecule has 0 saturated heterocycles. The molecule has 1 atom stereocenters. The van der Waals surface area contributed by atoms with E-state index in [1.807, 2.05) is 39.0 Å². The summed E-state index contributed by atoms with van der Waals surface area (Å²) in [6.07, 6.45) is 0. The first-order valence-corrected chi connectivity index (χ1v) is 9.66. The molecule has 0 fully saturated rings. The van der Waals surface area contributed by atoms with Gasteiger partial charge in [0.05, 0.1) is 17.3 Å². The van der Waals surface area contributed by atoms with Crippen LogP contribution in [0.25, 0.3) is 0 Å². The van der Waals surface area contributed by atoms with Gasteiger partial charge in [0, 0.05) is 18.2 Å². The first kappa shape index (κ1) is 21.1. The van der Waals surface area contributed by atoms with Crippen LogP contribution in [-0.2, 0) is 11.4 Å². The number of carbonyl (C=O) groups is 2. The lowest BCUT2D eigenvalue weighted by atomic mass is 10.1. The van der Waals surface area contributed by atoms with Crippen molar-refractivity contribution in [1.82, 2.24) is 10.5 Å². The summed E-state index contributed by atoms with van der Waals surface area (Å²) in [7, 11) is 0. The summed E-state index contributed by atoms with van der Waals surface area (Å²) in [6, 6.07) is 14.1. The number of benzene rings is 2. The van der Waals surface area contributed by atoms with Crippen molar-refractivity contribution in [2.45, 2.75) is 40.3 Å². The molecule has 2 N–H and O–H groups in total. The Morgan fingerprint density at radius 1 is 1.13 bits per heavy atom. The Morgan fingerprint density at radius 3 is 2.50 bits per heavy atom. The molecule has 1 heterocycles. The van der Waals surface area contributed by atoms with Crippen LogP contribution in [0, 0.1) is 13.8 Å². The summed E-state index contributed by atoms with van der Waals surface area (Å²) in [5.74, 6) is 1.06. The molecule has 0 radical (unpaired) electrons. The maximum Gasteiger partial charge on any atom is 0.251 e. The lowest BCUT2D eigenvalue weighted by molar-refractivity contribution is -0.114. The molecule has 0 spiro atoms. The molecule has 0 aliphatic heterocycles. The van der Waals surface area contributed by atoms with Crippen LogP contribution in [0.3, 0.4) is 0 Å². The summed E-state index contributed by atoms with van der Waals surface area (Å²) in [4.78, 5) is 23.8. The standard InChI is InChI=1S/C23H25N3O4/c1-14(19-6-5-7-20(12-19)25-17(4)27)24-23(28)18-8-10-21(11-9-18)29-13-22-15(2)26-30-16(22)3/h5-12,14H,13H2,1-4H3,(H,24,28)(H,25,27). The minimum atomic E-state index is -0.221. The van der Waals surface area contributed by atoms with Gasteiger partial charge in [-0.05, 0) is 62.7 Å². The highest BCUT2D eigenvalue weighted by molar-refractivity contribution is 5.94. The van der Waals surface area contributed by atoms with E-state index in [9.17, 15) is 9.59 Å². The number of anilines is 1. The molecule has 0 aliphatic carbocycles. The van der Waals surface area contributed by atoms with Crippen LogP contribution < -0.4 is 15.4 Å². The fourth-order valence-electron chi connectivity index (χ4n) is 3.02. The van der Waals surface area contributed by atoms with Gasteiger partial charge in [0.2, 0.25) is 5.91 Å². The molecule has 2 amide bonds. The number of amides is 2. The van der Waals surface area contributed by atoms with E-state index in [0.717, 1.165) is 22.6 Å². The van der Waals surface area contributed by atoms with Gasteiger partial charge in [0.15, 0.2) is 0 Å². The summed E-state index contributed by atoms with van der Waals surface area (Å²) in [5.41, 5.74) is 3.85. The van der Waals surface area contributed by atoms with Crippen molar-refractivity contribution in [2.24, 2.45) is 0 Å². The van der Waals surface area contributed by atoms with Gasteiger partial charge in [0.1, 0.15) is 18.1 Å². The molecular formula is C23H25N3O4. The number of nitrogens with zero attached hydrogens (tertiary/aromatic N) is 1. The summed E-state index contributed by atoms with van der Waals surface area (Å²) in [6.45, 7) is 7.43. The zero-order valence-electron chi connectivity index (χ0n) is 17.5. The molecule has 1 aromatic heterocycles. The Labute approximate surface area is 175 Å². The van der Waals surface area contributed by atoms with Crippen molar-refractivity contribution in [3.8, 4) is 5.75 Å². The molecule has 7 nitrogen and oxygen atoms in total. The van der Waals surface area contributed by atoms with E-state index in [1.165, 1.54) is 6.92 Å². The number of hydrogen-bond acceptors (Lipinski definition) is 5. The van der Waals surface area contributed by atoms with E-state index < -0.39 is 0 Å². The quantitative estimate of drug-likeness (QED) is 0.608. The molecule has 0 aliphatic rings. The minimum Gasteiger partial charge on any atom is -0.489 e. The second kappa shape index (κ2) is 9.26. The highest BCUT2D eigenvalue weighted by atomic mass is 16.5. The Bertz CT molecular complexity index is 1020. The Balaban J connectivity index is 1.59. The van der Waals surface area contributed by atoms with Gasteiger partial charge in [-0.1, -0.05) is 17.3 Å². The normalized spacial score (nSPS) is 11.6. The lowest BCUT2D eigenvalue weighted by Gasteiger charge is -2.16. The van der Waals surface area contributed by atoms with Crippen LogP contribution in [0.4, 0.5) is 5.69 Å². The van der Waals surface area contributed by atoms with Gasteiger partial charge in [-0.15, -0.1) is 0 Å². The summed E-state index contributed by atoms with van der Waals surface area (Å²) < 4.78 is 10.9. The summed E-state index contributed by atoms with van der Waals surface area (Å²) in [5, 5.41) is 9.62. The molecule has 3 rings (SSSR count). The van der Waals surface area contributed by atoms with E-state index in [-0.39, 0.29) is 17.9 Å². The largest absolute Gasteiger partial charge is 0.489 e. The van der Waals surface area contributed by atoms with Gasteiger partial charge in [-0.3, -0.25) is 9.59 Å². The summed E-state index contributed by atoms with van der Waals surface area (Å²) >= 11 is 0. The fraction of sp³-hybridized carbons (Fsp3) is 0.261. The van der Waals surface area contributed by atoms with Crippen LogP contribution in [-0.4, -0.2) is 17.0 Å². The number of ether oxygens (including phenoxy) is 1. The first-order valence-electron chi connectivity index (χ1n) is 9.66. The maximum atomic E-state index is 12.6. The number of aryl methyl sites for hydroxylation is 2. The number of carbonyl (C=O) groups excluding carboxylic acids is 2. The Kier molecular flexibility index (Phi) is 6.51. The first-order chi connectivity index (χ1) is 14.3. The molecule has 30 heavy (non-hydrogen) atoms. The van der Waals surface area contributed by atoms with Gasteiger partial charge >= 0.3 is 0 Å². The van der Waals surface area contributed by atoms with Crippen molar-refractivity contribution in [1.29, 1.82) is 0 Å². The highest BCUT2D eigenvalue weighted by Gasteiger charge is 2.13. The second-order valence-electron chi connectivity index (χ2n) is 7.12. The monoisotopic (exact) mass is 407 g/mol. The Morgan fingerprint density at radius 2 is 1.87 bits per heavy atom. The topological polar surface area (TPSA) is 93.5 Å². The number of aromatic nitrogens is 1. The smallest absolute Gasteiger partial charge is 0.251 e. The van der Waals surface area contributed by atoms with Crippen molar-refractivity contribution >= 4 is 17.5 Å². The molecule has 7 heteroatoms. The van der Waals surface area contributed by atoms with Gasteiger partial charge in [-0.25, -0.2) is 0 Å². The third kappa shape index (κ3) is 5.26. The van der Waals surface area contributed by atoms with Crippen molar-refractivity contribution in [3.05, 3.63) is 76.7 Å².